The van der Waals surface area contributed by atoms with Crippen LogP contribution in [0.3, 0.4) is 0 Å². The lowest BCUT2D eigenvalue weighted by Gasteiger charge is -2.45. The Morgan fingerprint density at radius 1 is 1.39 bits per heavy atom. The van der Waals surface area contributed by atoms with E-state index >= 15 is 0 Å². The van der Waals surface area contributed by atoms with Crippen LogP contribution in [0.15, 0.2) is 41.8 Å². The van der Waals surface area contributed by atoms with Gasteiger partial charge in [-0.05, 0) is 38.3 Å². The molecule has 1 aliphatic rings. The molecule has 0 aromatic heterocycles. The average Bonchev–Trinajstić information content (AvgIpc) is 2.55. The van der Waals surface area contributed by atoms with Crippen molar-refractivity contribution in [3.63, 3.8) is 0 Å². The lowest BCUT2D eigenvalue weighted by molar-refractivity contribution is -0.110. The first-order chi connectivity index (χ1) is 11.0. The molecule has 0 N–H and O–H groups in total. The Morgan fingerprint density at radius 3 is 2.70 bits per heavy atom. The van der Waals surface area contributed by atoms with E-state index in [4.69, 9.17) is 9.47 Å². The molecule has 0 radical (unpaired) electrons. The van der Waals surface area contributed by atoms with Crippen LogP contribution in [0.4, 0.5) is 0 Å². The third-order valence-electron chi connectivity index (χ3n) is 4.80. The van der Waals surface area contributed by atoms with Crippen LogP contribution < -0.4 is 0 Å². The highest BCUT2D eigenvalue weighted by atomic mass is 32.2. The molecule has 1 fully saturated rings. The zero-order chi connectivity index (χ0) is 16.9. The number of rotatable bonds is 7. The van der Waals surface area contributed by atoms with E-state index in [0.717, 1.165) is 19.4 Å². The summed E-state index contributed by atoms with van der Waals surface area (Å²) in [6.07, 6.45) is 5.44. The lowest BCUT2D eigenvalue weighted by Crippen LogP contribution is -2.49. The molecule has 0 aliphatic carbocycles. The summed E-state index contributed by atoms with van der Waals surface area (Å²) in [5.74, 6) is 0. The van der Waals surface area contributed by atoms with Crippen LogP contribution in [0.1, 0.15) is 38.7 Å². The Balaban J connectivity index is 2.16. The van der Waals surface area contributed by atoms with Gasteiger partial charge in [-0.15, -0.1) is 18.3 Å². The number of thioether (sulfide) groups is 1. The van der Waals surface area contributed by atoms with Gasteiger partial charge in [0.1, 0.15) is 0 Å². The fourth-order valence-corrected chi connectivity index (χ4v) is 4.88. The Morgan fingerprint density at radius 2 is 2.09 bits per heavy atom. The van der Waals surface area contributed by atoms with Gasteiger partial charge in [0.2, 0.25) is 0 Å². The van der Waals surface area contributed by atoms with Crippen molar-refractivity contribution in [3.8, 4) is 0 Å². The van der Waals surface area contributed by atoms with Gasteiger partial charge in [0.25, 0.3) is 0 Å². The van der Waals surface area contributed by atoms with E-state index in [1.807, 2.05) is 17.8 Å². The van der Waals surface area contributed by atoms with Crippen LogP contribution >= 0.6 is 11.8 Å². The summed E-state index contributed by atoms with van der Waals surface area (Å²) in [4.78, 5) is 1.32. The van der Waals surface area contributed by atoms with Gasteiger partial charge in [-0.1, -0.05) is 37.6 Å². The van der Waals surface area contributed by atoms with E-state index in [0.29, 0.717) is 5.25 Å². The standard InChI is InChI=1S/C20H30O2S/c1-6-8-18(21-5)20(3,4)19-17(9-7-14-22-19)23-16-12-10-15(2)11-13-16/h6,10-13,17-19H,1,7-9,14H2,2-5H3/t17-,18-,19-/m0/s1. The number of methoxy groups -OCH3 is 1. The van der Waals surface area contributed by atoms with Gasteiger partial charge < -0.3 is 9.47 Å². The lowest BCUT2D eigenvalue weighted by atomic mass is 9.76. The van der Waals surface area contributed by atoms with Gasteiger partial charge in [0, 0.05) is 29.3 Å². The fraction of sp³-hybridized carbons (Fsp3) is 0.600. The van der Waals surface area contributed by atoms with E-state index in [1.165, 1.54) is 16.9 Å². The Kier molecular flexibility index (Phi) is 6.75. The smallest absolute Gasteiger partial charge is 0.0772 e. The fourth-order valence-electron chi connectivity index (χ4n) is 3.40. The molecule has 128 valence electrons. The van der Waals surface area contributed by atoms with Gasteiger partial charge in [-0.2, -0.15) is 0 Å². The Bertz CT molecular complexity index is 495. The summed E-state index contributed by atoms with van der Waals surface area (Å²) in [5, 5.41) is 0.462. The van der Waals surface area contributed by atoms with Crippen LogP contribution in [0.25, 0.3) is 0 Å². The highest BCUT2D eigenvalue weighted by Gasteiger charge is 2.43. The van der Waals surface area contributed by atoms with E-state index in [9.17, 15) is 0 Å². The van der Waals surface area contributed by atoms with Gasteiger partial charge in [-0.25, -0.2) is 0 Å². The monoisotopic (exact) mass is 334 g/mol. The molecule has 2 nitrogen and oxygen atoms in total. The number of aryl methyl sites for hydroxylation is 1. The number of ether oxygens (including phenoxy) is 2. The second-order valence-electron chi connectivity index (χ2n) is 6.97. The molecule has 2 rings (SSSR count). The van der Waals surface area contributed by atoms with Crippen molar-refractivity contribution in [2.75, 3.05) is 13.7 Å². The molecule has 1 aromatic carbocycles. The number of benzene rings is 1. The van der Waals surface area contributed by atoms with Crippen molar-refractivity contribution >= 4 is 11.8 Å². The van der Waals surface area contributed by atoms with Crippen LogP contribution in [-0.4, -0.2) is 31.2 Å². The molecule has 0 saturated carbocycles. The molecule has 1 heterocycles. The molecular weight excluding hydrogens is 304 g/mol. The van der Waals surface area contributed by atoms with Crippen LogP contribution in [0.2, 0.25) is 0 Å². The SMILES string of the molecule is C=CC[C@H](OC)C(C)(C)[C@H]1OCCC[C@@H]1Sc1ccc(C)cc1. The summed E-state index contributed by atoms with van der Waals surface area (Å²) in [6, 6.07) is 8.80. The van der Waals surface area contributed by atoms with E-state index < -0.39 is 0 Å². The van der Waals surface area contributed by atoms with E-state index in [1.54, 1.807) is 7.11 Å². The van der Waals surface area contributed by atoms with E-state index in [2.05, 4.69) is 51.6 Å². The van der Waals surface area contributed by atoms with E-state index in [-0.39, 0.29) is 17.6 Å². The van der Waals surface area contributed by atoms with Crippen molar-refractivity contribution in [3.05, 3.63) is 42.5 Å². The molecule has 0 amide bonds. The zero-order valence-electron chi connectivity index (χ0n) is 14.9. The highest BCUT2D eigenvalue weighted by molar-refractivity contribution is 8.00. The predicted molar refractivity (Wildman–Crippen MR) is 99.2 cm³/mol. The minimum absolute atomic E-state index is 0.0499. The average molecular weight is 335 g/mol. The van der Waals surface area contributed by atoms with Crippen LogP contribution in [0, 0.1) is 12.3 Å². The van der Waals surface area contributed by atoms with Crippen molar-refractivity contribution in [1.82, 2.24) is 0 Å². The van der Waals surface area contributed by atoms with Gasteiger partial charge in [0.15, 0.2) is 0 Å². The van der Waals surface area contributed by atoms with Gasteiger partial charge in [-0.3, -0.25) is 0 Å². The molecule has 1 aliphatic heterocycles. The van der Waals surface area contributed by atoms with Crippen molar-refractivity contribution in [2.24, 2.45) is 5.41 Å². The summed E-state index contributed by atoms with van der Waals surface area (Å²) in [5.41, 5.74) is 1.25. The molecule has 0 unspecified atom stereocenters. The first-order valence-corrected chi connectivity index (χ1v) is 9.35. The molecule has 23 heavy (non-hydrogen) atoms. The maximum Gasteiger partial charge on any atom is 0.0772 e. The third kappa shape index (κ3) is 4.62. The summed E-state index contributed by atoms with van der Waals surface area (Å²) >= 11 is 1.95. The first-order valence-electron chi connectivity index (χ1n) is 8.47. The zero-order valence-corrected chi connectivity index (χ0v) is 15.7. The largest absolute Gasteiger partial charge is 0.380 e. The van der Waals surface area contributed by atoms with Crippen molar-refractivity contribution < 1.29 is 9.47 Å². The van der Waals surface area contributed by atoms with Crippen LogP contribution in [-0.2, 0) is 9.47 Å². The summed E-state index contributed by atoms with van der Waals surface area (Å²) in [6.45, 7) is 11.4. The quantitative estimate of drug-likeness (QED) is 0.634. The number of hydrogen-bond donors (Lipinski definition) is 0. The maximum absolute atomic E-state index is 6.25. The molecule has 1 aromatic rings. The van der Waals surface area contributed by atoms with Crippen LogP contribution in [0.5, 0.6) is 0 Å². The Labute approximate surface area is 145 Å². The molecule has 0 spiro atoms. The minimum Gasteiger partial charge on any atom is -0.380 e. The first kappa shape index (κ1) is 18.6. The topological polar surface area (TPSA) is 18.5 Å². The number of hydrogen-bond acceptors (Lipinski definition) is 3. The predicted octanol–water partition coefficient (Wildman–Crippen LogP) is 5.25. The normalized spacial score (nSPS) is 23.5. The van der Waals surface area contributed by atoms with Gasteiger partial charge in [0.05, 0.1) is 12.2 Å². The minimum atomic E-state index is -0.0499. The van der Waals surface area contributed by atoms with Gasteiger partial charge >= 0.3 is 0 Å². The summed E-state index contributed by atoms with van der Waals surface area (Å²) in [7, 11) is 1.79. The molecule has 3 atom stereocenters. The Hall–Kier alpha value is -0.770. The summed E-state index contributed by atoms with van der Waals surface area (Å²) < 4.78 is 12.0. The highest BCUT2D eigenvalue weighted by Crippen LogP contribution is 2.42. The molecule has 3 heteroatoms. The second-order valence-corrected chi connectivity index (χ2v) is 8.29. The molecule has 0 bridgehead atoms. The molecule has 1 saturated heterocycles. The maximum atomic E-state index is 6.25. The second kappa shape index (κ2) is 8.36. The molecular formula is C20H30O2S. The van der Waals surface area contributed by atoms with Crippen molar-refractivity contribution in [1.29, 1.82) is 0 Å². The third-order valence-corrected chi connectivity index (χ3v) is 6.13. The van der Waals surface area contributed by atoms with Crippen molar-refractivity contribution in [2.45, 2.75) is 62.4 Å².